The molecule has 106 valence electrons. The summed E-state index contributed by atoms with van der Waals surface area (Å²) >= 11 is 0. The lowest BCUT2D eigenvalue weighted by Gasteiger charge is -2.25. The van der Waals surface area contributed by atoms with Crippen LogP contribution in [0.5, 0.6) is 0 Å². The number of hydrogen-bond donors (Lipinski definition) is 2. The summed E-state index contributed by atoms with van der Waals surface area (Å²) in [5.74, 6) is 1.47. The highest BCUT2D eigenvalue weighted by molar-refractivity contribution is 5.35. The Hall–Kier alpha value is -1.88. The van der Waals surface area contributed by atoms with Gasteiger partial charge in [-0.2, -0.15) is 5.10 Å². The molecule has 20 heavy (non-hydrogen) atoms. The lowest BCUT2D eigenvalue weighted by molar-refractivity contribution is 0.391. The highest BCUT2D eigenvalue weighted by Crippen LogP contribution is 2.16. The van der Waals surface area contributed by atoms with Gasteiger partial charge in [0.05, 0.1) is 6.20 Å². The zero-order valence-corrected chi connectivity index (χ0v) is 11.6. The summed E-state index contributed by atoms with van der Waals surface area (Å²) < 4.78 is 15.2. The number of rotatable bonds is 4. The van der Waals surface area contributed by atoms with Crippen molar-refractivity contribution >= 4 is 5.82 Å². The molecule has 0 spiro atoms. The van der Waals surface area contributed by atoms with E-state index in [0.717, 1.165) is 37.6 Å². The Kier molecular flexibility index (Phi) is 3.69. The third-order valence-corrected chi connectivity index (χ3v) is 3.70. The molecule has 5 heteroatoms. The first-order chi connectivity index (χ1) is 9.72. The van der Waals surface area contributed by atoms with Gasteiger partial charge in [-0.25, -0.2) is 9.07 Å². The Morgan fingerprint density at radius 2 is 2.35 bits per heavy atom. The van der Waals surface area contributed by atoms with Crippen molar-refractivity contribution in [3.05, 3.63) is 47.4 Å². The topological polar surface area (TPSA) is 41.9 Å². The summed E-state index contributed by atoms with van der Waals surface area (Å²) in [5, 5.41) is 11.1. The van der Waals surface area contributed by atoms with Crippen LogP contribution in [0.2, 0.25) is 0 Å². The SMILES string of the molecule is Cc1cc(CNCC2CNc3ccnn3C2)ccc1F. The Balaban J connectivity index is 1.50. The fraction of sp³-hybridized carbons (Fsp3) is 0.400. The van der Waals surface area contributed by atoms with E-state index >= 15 is 0 Å². The van der Waals surface area contributed by atoms with Crippen LogP contribution in [0, 0.1) is 18.7 Å². The van der Waals surface area contributed by atoms with Crippen LogP contribution < -0.4 is 10.6 Å². The van der Waals surface area contributed by atoms with Gasteiger partial charge in [-0.1, -0.05) is 12.1 Å². The first kappa shape index (κ1) is 13.1. The number of aromatic nitrogens is 2. The number of hydrogen-bond acceptors (Lipinski definition) is 3. The molecule has 1 aromatic carbocycles. The minimum absolute atomic E-state index is 0.142. The fourth-order valence-corrected chi connectivity index (χ4v) is 2.56. The third-order valence-electron chi connectivity index (χ3n) is 3.70. The van der Waals surface area contributed by atoms with Crippen molar-refractivity contribution < 1.29 is 4.39 Å². The van der Waals surface area contributed by atoms with Crippen LogP contribution in [0.1, 0.15) is 11.1 Å². The smallest absolute Gasteiger partial charge is 0.126 e. The summed E-state index contributed by atoms with van der Waals surface area (Å²) in [4.78, 5) is 0. The molecule has 4 nitrogen and oxygen atoms in total. The standard InChI is InChI=1S/C15H19FN4/c1-11-6-12(2-3-14(11)16)7-17-8-13-9-18-15-4-5-19-20(15)10-13/h2-6,13,17-18H,7-10H2,1H3. The van der Waals surface area contributed by atoms with Crippen LogP contribution in [-0.2, 0) is 13.1 Å². The van der Waals surface area contributed by atoms with Gasteiger partial charge in [-0.15, -0.1) is 0 Å². The second-order valence-corrected chi connectivity index (χ2v) is 5.36. The molecular weight excluding hydrogens is 255 g/mol. The zero-order valence-electron chi connectivity index (χ0n) is 11.6. The second-order valence-electron chi connectivity index (χ2n) is 5.36. The number of fused-ring (bicyclic) bond motifs is 1. The predicted molar refractivity (Wildman–Crippen MR) is 77.1 cm³/mol. The van der Waals surface area contributed by atoms with Crippen LogP contribution in [-0.4, -0.2) is 22.9 Å². The monoisotopic (exact) mass is 274 g/mol. The van der Waals surface area contributed by atoms with Gasteiger partial charge < -0.3 is 10.6 Å². The number of benzene rings is 1. The van der Waals surface area contributed by atoms with Crippen molar-refractivity contribution in [3.63, 3.8) is 0 Å². The molecule has 3 rings (SSSR count). The highest BCUT2D eigenvalue weighted by Gasteiger charge is 2.17. The maximum absolute atomic E-state index is 13.2. The molecule has 1 unspecified atom stereocenters. The minimum Gasteiger partial charge on any atom is -0.370 e. The maximum Gasteiger partial charge on any atom is 0.126 e. The predicted octanol–water partition coefficient (Wildman–Crippen LogP) is 2.16. The molecule has 0 saturated heterocycles. The molecule has 2 aromatic rings. The molecular formula is C15H19FN4. The Morgan fingerprint density at radius 3 is 3.20 bits per heavy atom. The van der Waals surface area contributed by atoms with E-state index in [4.69, 9.17) is 0 Å². The van der Waals surface area contributed by atoms with Crippen LogP contribution >= 0.6 is 0 Å². The molecule has 2 N–H and O–H groups in total. The molecule has 0 bridgehead atoms. The molecule has 1 aromatic heterocycles. The van der Waals surface area contributed by atoms with E-state index < -0.39 is 0 Å². The zero-order chi connectivity index (χ0) is 13.9. The van der Waals surface area contributed by atoms with E-state index in [1.54, 1.807) is 6.92 Å². The number of nitrogens with one attached hydrogen (secondary N) is 2. The fourth-order valence-electron chi connectivity index (χ4n) is 2.56. The number of aryl methyl sites for hydroxylation is 1. The average molecular weight is 274 g/mol. The number of anilines is 1. The van der Waals surface area contributed by atoms with E-state index in [1.165, 1.54) is 6.07 Å². The van der Waals surface area contributed by atoms with Gasteiger partial charge in [-0.05, 0) is 24.1 Å². The van der Waals surface area contributed by atoms with E-state index in [1.807, 2.05) is 29.1 Å². The molecule has 1 aliphatic heterocycles. The number of halogens is 1. The maximum atomic E-state index is 13.2. The van der Waals surface area contributed by atoms with Crippen molar-refractivity contribution in [2.24, 2.45) is 5.92 Å². The van der Waals surface area contributed by atoms with Gasteiger partial charge in [0, 0.05) is 38.2 Å². The van der Waals surface area contributed by atoms with Crippen molar-refractivity contribution in [2.75, 3.05) is 18.4 Å². The van der Waals surface area contributed by atoms with Crippen LogP contribution in [0.3, 0.4) is 0 Å². The molecule has 0 saturated carbocycles. The van der Waals surface area contributed by atoms with Crippen molar-refractivity contribution in [2.45, 2.75) is 20.0 Å². The summed E-state index contributed by atoms with van der Waals surface area (Å²) in [5.41, 5.74) is 1.82. The van der Waals surface area contributed by atoms with Gasteiger partial charge in [0.15, 0.2) is 0 Å². The van der Waals surface area contributed by atoms with E-state index in [-0.39, 0.29) is 5.82 Å². The van der Waals surface area contributed by atoms with Crippen LogP contribution in [0.25, 0.3) is 0 Å². The normalized spacial score (nSPS) is 17.6. The van der Waals surface area contributed by atoms with Gasteiger partial charge in [0.25, 0.3) is 0 Å². The average Bonchev–Trinajstić information content (AvgIpc) is 2.90. The van der Waals surface area contributed by atoms with Crippen LogP contribution in [0.15, 0.2) is 30.5 Å². The summed E-state index contributed by atoms with van der Waals surface area (Å²) in [6.07, 6.45) is 1.82. The summed E-state index contributed by atoms with van der Waals surface area (Å²) in [6, 6.07) is 7.25. The van der Waals surface area contributed by atoms with Gasteiger partial charge in [0.2, 0.25) is 0 Å². The molecule has 0 amide bonds. The first-order valence-electron chi connectivity index (χ1n) is 6.94. The van der Waals surface area contributed by atoms with E-state index in [0.29, 0.717) is 11.5 Å². The molecule has 1 atom stereocenters. The number of nitrogens with zero attached hydrogens (tertiary/aromatic N) is 2. The Bertz CT molecular complexity index is 593. The minimum atomic E-state index is -0.142. The largest absolute Gasteiger partial charge is 0.370 e. The van der Waals surface area contributed by atoms with Gasteiger partial charge in [-0.3, -0.25) is 0 Å². The van der Waals surface area contributed by atoms with Crippen molar-refractivity contribution in [3.8, 4) is 0 Å². The van der Waals surface area contributed by atoms with E-state index in [2.05, 4.69) is 15.7 Å². The molecule has 0 aliphatic carbocycles. The first-order valence-corrected chi connectivity index (χ1v) is 6.94. The third kappa shape index (κ3) is 2.82. The van der Waals surface area contributed by atoms with Gasteiger partial charge in [0.1, 0.15) is 11.6 Å². The van der Waals surface area contributed by atoms with Crippen molar-refractivity contribution in [1.29, 1.82) is 0 Å². The van der Waals surface area contributed by atoms with Crippen molar-refractivity contribution in [1.82, 2.24) is 15.1 Å². The Labute approximate surface area is 118 Å². The van der Waals surface area contributed by atoms with Crippen LogP contribution in [0.4, 0.5) is 10.2 Å². The molecule has 1 aliphatic rings. The lowest BCUT2D eigenvalue weighted by atomic mass is 10.1. The Morgan fingerprint density at radius 1 is 1.45 bits per heavy atom. The molecule has 2 heterocycles. The summed E-state index contributed by atoms with van der Waals surface area (Å²) in [7, 11) is 0. The quantitative estimate of drug-likeness (QED) is 0.898. The second kappa shape index (κ2) is 5.63. The highest BCUT2D eigenvalue weighted by atomic mass is 19.1. The molecule has 0 fully saturated rings. The van der Waals surface area contributed by atoms with Gasteiger partial charge >= 0.3 is 0 Å². The lowest BCUT2D eigenvalue weighted by Crippen LogP contribution is -2.35. The summed E-state index contributed by atoms with van der Waals surface area (Å²) in [6.45, 7) is 5.38. The molecule has 0 radical (unpaired) electrons. The van der Waals surface area contributed by atoms with E-state index in [9.17, 15) is 4.39 Å².